The monoisotopic (exact) mass is 486 g/mol. The Kier molecular flexibility index (Phi) is 6.57. The minimum atomic E-state index is -0.268. The lowest BCUT2D eigenvalue weighted by atomic mass is 9.96. The minimum absolute atomic E-state index is 0.139. The smallest absolute Gasteiger partial charge is 0.195 e. The van der Waals surface area contributed by atoms with Crippen LogP contribution in [0.4, 0.5) is 4.39 Å². The molecule has 3 aromatic carbocycles. The standard InChI is InChI=1S/C29H27FN2O4/c1-31-26-14-19(18-33)2-11-25(26)27(28(31)21-3-7-23(34)8-4-21)29(35)22-5-9-24(10-6-22)36-13-12-32-16-20(15-30)17-32/h2-11,14,18,20,34H,12-13,15-17H2,1H3. The average Bonchev–Trinajstić information content (AvgIpc) is 3.17. The Balaban J connectivity index is 1.43. The van der Waals surface area contributed by atoms with Crippen molar-refractivity contribution in [3.8, 4) is 22.8 Å². The summed E-state index contributed by atoms with van der Waals surface area (Å²) in [7, 11) is 1.86. The zero-order chi connectivity index (χ0) is 25.2. The molecule has 6 nitrogen and oxygen atoms in total. The first kappa shape index (κ1) is 23.8. The van der Waals surface area contributed by atoms with Crippen molar-refractivity contribution in [2.24, 2.45) is 13.0 Å². The fraction of sp³-hybridized carbons (Fsp3) is 0.241. The number of halogens is 1. The Hall–Kier alpha value is -3.97. The summed E-state index contributed by atoms with van der Waals surface area (Å²) in [6, 6.07) is 19.1. The maximum Gasteiger partial charge on any atom is 0.195 e. The van der Waals surface area contributed by atoms with Gasteiger partial charge in [0.15, 0.2) is 5.78 Å². The molecule has 36 heavy (non-hydrogen) atoms. The van der Waals surface area contributed by atoms with Crippen molar-refractivity contribution in [2.75, 3.05) is 32.9 Å². The maximum atomic E-state index is 13.8. The summed E-state index contributed by atoms with van der Waals surface area (Å²) in [4.78, 5) is 27.3. The van der Waals surface area contributed by atoms with E-state index in [1.807, 2.05) is 11.6 Å². The van der Waals surface area contributed by atoms with E-state index in [0.29, 0.717) is 34.7 Å². The van der Waals surface area contributed by atoms with Gasteiger partial charge in [-0.15, -0.1) is 0 Å². The molecule has 0 unspecified atom stereocenters. The van der Waals surface area contributed by atoms with Gasteiger partial charge in [0.05, 0.1) is 17.9 Å². The molecule has 1 saturated heterocycles. The van der Waals surface area contributed by atoms with Crippen LogP contribution < -0.4 is 4.74 Å². The number of phenols is 1. The predicted molar refractivity (Wildman–Crippen MR) is 137 cm³/mol. The van der Waals surface area contributed by atoms with Crippen molar-refractivity contribution < 1.29 is 23.8 Å². The minimum Gasteiger partial charge on any atom is -0.508 e. The van der Waals surface area contributed by atoms with Gasteiger partial charge in [-0.05, 0) is 60.2 Å². The molecule has 2 heterocycles. The normalized spacial score (nSPS) is 14.1. The van der Waals surface area contributed by atoms with Crippen LogP contribution in [-0.2, 0) is 7.05 Å². The van der Waals surface area contributed by atoms with Crippen LogP contribution in [0, 0.1) is 5.92 Å². The predicted octanol–water partition coefficient (Wildman–Crippen LogP) is 4.87. The first-order valence-electron chi connectivity index (χ1n) is 11.9. The van der Waals surface area contributed by atoms with Gasteiger partial charge in [0.25, 0.3) is 0 Å². The number of hydrogen-bond donors (Lipinski definition) is 1. The lowest BCUT2D eigenvalue weighted by Crippen LogP contribution is -2.49. The van der Waals surface area contributed by atoms with Crippen molar-refractivity contribution >= 4 is 23.0 Å². The third-order valence-corrected chi connectivity index (χ3v) is 6.77. The second-order valence-corrected chi connectivity index (χ2v) is 9.21. The second kappa shape index (κ2) is 9.95. The van der Waals surface area contributed by atoms with Gasteiger partial charge in [-0.1, -0.05) is 12.1 Å². The number of nitrogens with zero attached hydrogens (tertiary/aromatic N) is 2. The van der Waals surface area contributed by atoms with E-state index in [9.17, 15) is 19.1 Å². The summed E-state index contributed by atoms with van der Waals surface area (Å²) in [6.45, 7) is 2.52. The SMILES string of the molecule is Cn1c(-c2ccc(O)cc2)c(C(=O)c2ccc(OCCN3CC(CF)C3)cc2)c2ccc(C=O)cc21. The molecule has 184 valence electrons. The molecule has 1 aliphatic heterocycles. The molecule has 0 saturated carbocycles. The van der Waals surface area contributed by atoms with Crippen molar-refractivity contribution in [1.29, 1.82) is 0 Å². The van der Waals surface area contributed by atoms with Crippen LogP contribution in [0.5, 0.6) is 11.5 Å². The molecule has 0 spiro atoms. The van der Waals surface area contributed by atoms with Gasteiger partial charge in [0.1, 0.15) is 24.4 Å². The number of fused-ring (bicyclic) bond motifs is 1. The van der Waals surface area contributed by atoms with Crippen LogP contribution in [0.25, 0.3) is 22.2 Å². The number of ketones is 1. The van der Waals surface area contributed by atoms with Crippen molar-refractivity contribution in [1.82, 2.24) is 9.47 Å². The van der Waals surface area contributed by atoms with Crippen LogP contribution in [-0.4, -0.2) is 59.6 Å². The first-order valence-corrected chi connectivity index (χ1v) is 11.9. The number of rotatable bonds is 9. The fourth-order valence-corrected chi connectivity index (χ4v) is 4.81. The maximum absolute atomic E-state index is 13.8. The number of aromatic hydroxyl groups is 1. The quantitative estimate of drug-likeness (QED) is 0.270. The molecule has 0 bridgehead atoms. The summed E-state index contributed by atoms with van der Waals surface area (Å²) >= 11 is 0. The Labute approximate surface area is 208 Å². The molecule has 0 radical (unpaired) electrons. The molecule has 1 N–H and O–H groups in total. The number of benzene rings is 3. The molecule has 0 amide bonds. The van der Waals surface area contributed by atoms with Crippen molar-refractivity contribution in [2.45, 2.75) is 0 Å². The number of aryl methyl sites for hydroxylation is 1. The van der Waals surface area contributed by atoms with E-state index < -0.39 is 0 Å². The number of carbonyl (C=O) groups is 2. The second-order valence-electron chi connectivity index (χ2n) is 9.21. The Morgan fingerprint density at radius 3 is 2.47 bits per heavy atom. The summed E-state index contributed by atoms with van der Waals surface area (Å²) < 4.78 is 20.3. The van der Waals surface area contributed by atoms with Crippen LogP contribution in [0.15, 0.2) is 66.7 Å². The van der Waals surface area contributed by atoms with Gasteiger partial charge in [0.2, 0.25) is 0 Å². The highest BCUT2D eigenvalue weighted by Gasteiger charge is 2.26. The van der Waals surface area contributed by atoms with Crippen LogP contribution >= 0.6 is 0 Å². The van der Waals surface area contributed by atoms with E-state index >= 15 is 0 Å². The summed E-state index contributed by atoms with van der Waals surface area (Å²) in [5.74, 6) is 0.815. The summed E-state index contributed by atoms with van der Waals surface area (Å²) in [5, 5.41) is 10.5. The lowest BCUT2D eigenvalue weighted by Gasteiger charge is -2.37. The molecule has 1 aliphatic rings. The van der Waals surface area contributed by atoms with Gasteiger partial charge in [0, 0.05) is 54.6 Å². The topological polar surface area (TPSA) is 71.8 Å². The lowest BCUT2D eigenvalue weighted by molar-refractivity contribution is 0.0668. The van der Waals surface area contributed by atoms with Gasteiger partial charge in [-0.3, -0.25) is 18.9 Å². The molecule has 1 fully saturated rings. The number of hydrogen-bond acceptors (Lipinski definition) is 5. The number of aromatic nitrogens is 1. The van der Waals surface area contributed by atoms with E-state index in [2.05, 4.69) is 4.90 Å². The summed E-state index contributed by atoms with van der Waals surface area (Å²) in [5.41, 5.74) is 3.83. The Morgan fingerprint density at radius 1 is 1.08 bits per heavy atom. The zero-order valence-electron chi connectivity index (χ0n) is 20.0. The van der Waals surface area contributed by atoms with Crippen LogP contribution in [0.3, 0.4) is 0 Å². The highest BCUT2D eigenvalue weighted by Crippen LogP contribution is 2.36. The van der Waals surface area contributed by atoms with Crippen LogP contribution in [0.2, 0.25) is 0 Å². The number of carbonyl (C=O) groups excluding carboxylic acids is 2. The van der Waals surface area contributed by atoms with Gasteiger partial charge < -0.3 is 14.4 Å². The molecular weight excluding hydrogens is 459 g/mol. The highest BCUT2D eigenvalue weighted by atomic mass is 19.1. The molecule has 0 aliphatic carbocycles. The first-order chi connectivity index (χ1) is 17.5. The zero-order valence-corrected chi connectivity index (χ0v) is 20.0. The summed E-state index contributed by atoms with van der Waals surface area (Å²) in [6.07, 6.45) is 0.786. The Bertz CT molecular complexity index is 1400. The number of likely N-dealkylation sites (tertiary alicyclic amines) is 1. The molecule has 0 atom stereocenters. The van der Waals surface area contributed by atoms with E-state index in [0.717, 1.165) is 42.4 Å². The van der Waals surface area contributed by atoms with E-state index in [-0.39, 0.29) is 24.1 Å². The van der Waals surface area contributed by atoms with E-state index in [1.165, 1.54) is 0 Å². The molecule has 1 aromatic heterocycles. The van der Waals surface area contributed by atoms with Gasteiger partial charge >= 0.3 is 0 Å². The van der Waals surface area contributed by atoms with Crippen LogP contribution in [0.1, 0.15) is 26.3 Å². The number of aldehydes is 1. The third-order valence-electron chi connectivity index (χ3n) is 6.77. The molecule has 5 rings (SSSR count). The highest BCUT2D eigenvalue weighted by molar-refractivity contribution is 6.21. The third kappa shape index (κ3) is 4.50. The number of ether oxygens (including phenoxy) is 1. The average molecular weight is 487 g/mol. The number of phenolic OH excluding ortho intramolecular Hbond substituents is 1. The largest absolute Gasteiger partial charge is 0.508 e. The van der Waals surface area contributed by atoms with Gasteiger partial charge in [-0.2, -0.15) is 0 Å². The Morgan fingerprint density at radius 2 is 1.81 bits per heavy atom. The van der Waals surface area contributed by atoms with Crippen molar-refractivity contribution in [3.05, 3.63) is 83.4 Å². The molecule has 7 heteroatoms. The molecule has 4 aromatic rings. The van der Waals surface area contributed by atoms with E-state index in [4.69, 9.17) is 4.74 Å². The van der Waals surface area contributed by atoms with E-state index in [1.54, 1.807) is 66.7 Å². The molecular formula is C29H27FN2O4. The fourth-order valence-electron chi connectivity index (χ4n) is 4.81. The number of alkyl halides is 1. The van der Waals surface area contributed by atoms with Crippen molar-refractivity contribution in [3.63, 3.8) is 0 Å². The van der Waals surface area contributed by atoms with Gasteiger partial charge in [-0.25, -0.2) is 0 Å².